The number of hydrogen-bond acceptors (Lipinski definition) is 8. The number of nitrogens with zero attached hydrogens (tertiary/aromatic N) is 3. The number of ketones is 1. The Kier molecular flexibility index (Phi) is 5.92. The van der Waals surface area contributed by atoms with Gasteiger partial charge in [0.05, 0.1) is 40.7 Å². The molecular formula is C32H25FN4O4. The van der Waals surface area contributed by atoms with Crippen molar-refractivity contribution in [1.82, 2.24) is 5.16 Å². The van der Waals surface area contributed by atoms with Gasteiger partial charge in [-0.25, -0.2) is 9.18 Å². The van der Waals surface area contributed by atoms with E-state index in [1.54, 1.807) is 42.5 Å². The third kappa shape index (κ3) is 4.09. The van der Waals surface area contributed by atoms with Crippen molar-refractivity contribution in [1.29, 1.82) is 0 Å². The predicted molar refractivity (Wildman–Crippen MR) is 155 cm³/mol. The number of halogens is 1. The molecule has 204 valence electrons. The van der Waals surface area contributed by atoms with Crippen molar-refractivity contribution in [3.8, 4) is 11.3 Å². The van der Waals surface area contributed by atoms with Gasteiger partial charge in [-0.1, -0.05) is 41.6 Å². The Labute approximate surface area is 234 Å². The summed E-state index contributed by atoms with van der Waals surface area (Å²) in [6.45, 7) is 2.49. The van der Waals surface area contributed by atoms with Crippen LogP contribution in [-0.4, -0.2) is 50.2 Å². The lowest BCUT2D eigenvalue weighted by Gasteiger charge is -2.37. The minimum Gasteiger partial charge on any atom is -0.465 e. The molecule has 9 heteroatoms. The Morgan fingerprint density at radius 2 is 1.56 bits per heavy atom. The van der Waals surface area contributed by atoms with E-state index in [9.17, 15) is 14.0 Å². The Hall–Kier alpha value is -5.18. The highest BCUT2D eigenvalue weighted by Crippen LogP contribution is 2.46. The van der Waals surface area contributed by atoms with Gasteiger partial charge in [-0.15, -0.1) is 0 Å². The van der Waals surface area contributed by atoms with Gasteiger partial charge in [0, 0.05) is 43.0 Å². The first-order valence-corrected chi connectivity index (χ1v) is 13.3. The number of ether oxygens (including phenoxy) is 1. The van der Waals surface area contributed by atoms with Crippen molar-refractivity contribution in [3.05, 3.63) is 101 Å². The lowest BCUT2D eigenvalue weighted by atomic mass is 9.86. The van der Waals surface area contributed by atoms with E-state index in [0.717, 1.165) is 5.69 Å². The van der Waals surface area contributed by atoms with Crippen molar-refractivity contribution >= 4 is 45.4 Å². The predicted octanol–water partition coefficient (Wildman–Crippen LogP) is 6.04. The van der Waals surface area contributed by atoms with Crippen molar-refractivity contribution in [2.75, 3.05) is 48.4 Å². The molecule has 2 heterocycles. The molecule has 1 saturated heterocycles. The fraction of sp³-hybridized carbons (Fsp3) is 0.156. The molecule has 1 N–H and O–H groups in total. The first-order valence-electron chi connectivity index (χ1n) is 13.3. The Balaban J connectivity index is 1.31. The molecule has 1 aliphatic heterocycles. The lowest BCUT2D eigenvalue weighted by molar-refractivity contribution is 0.0600. The fourth-order valence-electron chi connectivity index (χ4n) is 5.74. The second-order valence-corrected chi connectivity index (χ2v) is 10.0. The quantitative estimate of drug-likeness (QED) is 0.261. The van der Waals surface area contributed by atoms with E-state index in [-0.39, 0.29) is 11.6 Å². The van der Waals surface area contributed by atoms with E-state index in [1.165, 1.54) is 13.2 Å². The second kappa shape index (κ2) is 9.78. The molecule has 41 heavy (non-hydrogen) atoms. The van der Waals surface area contributed by atoms with Gasteiger partial charge in [0.1, 0.15) is 11.3 Å². The number of anilines is 4. The molecule has 8 nitrogen and oxygen atoms in total. The molecule has 2 aliphatic rings. The maximum Gasteiger partial charge on any atom is 0.337 e. The molecule has 0 unspecified atom stereocenters. The fourth-order valence-corrected chi connectivity index (χ4v) is 5.74. The molecule has 4 aromatic carbocycles. The van der Waals surface area contributed by atoms with Crippen molar-refractivity contribution in [3.63, 3.8) is 0 Å². The van der Waals surface area contributed by atoms with Gasteiger partial charge in [0.25, 0.3) is 0 Å². The molecule has 1 fully saturated rings. The number of piperazine rings is 1. The summed E-state index contributed by atoms with van der Waals surface area (Å²) in [5.74, 6) is -0.226. The molecule has 0 atom stereocenters. The SMILES string of the molecule is COC(=O)c1ccc(Nc2cc(N3CCN(c4ccccc4F)CC3)c3noc4c3c2C(=O)c2ccccc2-4)cc1. The molecule has 0 bridgehead atoms. The minimum absolute atomic E-state index is 0.120. The maximum absolute atomic E-state index is 14.5. The van der Waals surface area contributed by atoms with E-state index in [0.29, 0.717) is 82.2 Å². The van der Waals surface area contributed by atoms with E-state index in [4.69, 9.17) is 9.26 Å². The number of esters is 1. The Bertz CT molecular complexity index is 1820. The minimum atomic E-state index is -0.425. The Morgan fingerprint density at radius 1 is 0.902 bits per heavy atom. The summed E-state index contributed by atoms with van der Waals surface area (Å²) in [6, 6.07) is 23.0. The largest absolute Gasteiger partial charge is 0.465 e. The molecule has 1 aromatic heterocycles. The number of aromatic nitrogens is 1. The summed E-state index contributed by atoms with van der Waals surface area (Å²) >= 11 is 0. The van der Waals surface area contributed by atoms with Gasteiger partial charge >= 0.3 is 5.97 Å². The standard InChI is InChI=1S/C32H25FN4O4/c1-40-32(39)19-10-12-20(13-11-19)34-24-18-26(37-16-14-36(15-17-37)25-9-5-4-8-23(25)33)29-28-27(24)30(38)21-6-2-3-7-22(21)31(28)41-35-29/h2-13,18,34H,14-17H2,1H3. The number of nitrogens with one attached hydrogen (secondary N) is 1. The number of hydrogen-bond donors (Lipinski definition) is 1. The molecular weight excluding hydrogens is 523 g/mol. The van der Waals surface area contributed by atoms with E-state index >= 15 is 0 Å². The molecule has 5 aromatic rings. The number of methoxy groups -OCH3 is 1. The highest BCUT2D eigenvalue weighted by atomic mass is 19.1. The second-order valence-electron chi connectivity index (χ2n) is 10.0. The van der Waals surface area contributed by atoms with E-state index in [2.05, 4.69) is 15.4 Å². The van der Waals surface area contributed by atoms with E-state index in [1.807, 2.05) is 35.2 Å². The summed E-state index contributed by atoms with van der Waals surface area (Å²) in [4.78, 5) is 30.0. The van der Waals surface area contributed by atoms with Gasteiger partial charge < -0.3 is 24.4 Å². The van der Waals surface area contributed by atoms with Crippen LogP contribution in [0.3, 0.4) is 0 Å². The van der Waals surface area contributed by atoms with Crippen LogP contribution >= 0.6 is 0 Å². The van der Waals surface area contributed by atoms with Crippen molar-refractivity contribution < 1.29 is 23.2 Å². The topological polar surface area (TPSA) is 87.9 Å². The number of fused-ring (bicyclic) bond motifs is 2. The van der Waals surface area contributed by atoms with Crippen LogP contribution in [0.1, 0.15) is 26.3 Å². The van der Waals surface area contributed by atoms with Crippen LogP contribution in [0.4, 0.5) is 27.1 Å². The lowest BCUT2D eigenvalue weighted by Crippen LogP contribution is -2.47. The number of carbonyl (C=O) groups excluding carboxylic acids is 2. The first kappa shape index (κ1) is 24.8. The summed E-state index contributed by atoms with van der Waals surface area (Å²) in [5.41, 5.74) is 5.51. The number of benzene rings is 4. The average molecular weight is 549 g/mol. The van der Waals surface area contributed by atoms with Crippen LogP contribution < -0.4 is 15.1 Å². The van der Waals surface area contributed by atoms with Gasteiger partial charge in [-0.2, -0.15) is 0 Å². The first-order chi connectivity index (χ1) is 20.0. The van der Waals surface area contributed by atoms with Gasteiger partial charge in [0.15, 0.2) is 11.5 Å². The molecule has 0 saturated carbocycles. The van der Waals surface area contributed by atoms with Crippen molar-refractivity contribution in [2.45, 2.75) is 0 Å². The third-order valence-corrected chi connectivity index (χ3v) is 7.78. The monoisotopic (exact) mass is 548 g/mol. The van der Waals surface area contributed by atoms with Crippen LogP contribution in [-0.2, 0) is 4.74 Å². The highest BCUT2D eigenvalue weighted by Gasteiger charge is 2.34. The zero-order valence-corrected chi connectivity index (χ0v) is 22.2. The van der Waals surface area contributed by atoms with Crippen LogP contribution in [0.2, 0.25) is 0 Å². The Morgan fingerprint density at radius 3 is 2.27 bits per heavy atom. The van der Waals surface area contributed by atoms with Crippen LogP contribution in [0.25, 0.3) is 22.2 Å². The summed E-state index contributed by atoms with van der Waals surface area (Å²) in [6.07, 6.45) is 0. The van der Waals surface area contributed by atoms with Crippen LogP contribution in [0.5, 0.6) is 0 Å². The summed E-state index contributed by atoms with van der Waals surface area (Å²) < 4.78 is 25.2. The van der Waals surface area contributed by atoms with Crippen LogP contribution in [0.15, 0.2) is 83.4 Å². The van der Waals surface area contributed by atoms with Crippen molar-refractivity contribution in [2.24, 2.45) is 0 Å². The van der Waals surface area contributed by atoms with Gasteiger partial charge in [-0.05, 0) is 42.5 Å². The molecule has 1 aliphatic carbocycles. The van der Waals surface area contributed by atoms with Gasteiger partial charge in [0.2, 0.25) is 0 Å². The van der Waals surface area contributed by atoms with Crippen LogP contribution in [0, 0.1) is 5.82 Å². The molecule has 0 spiro atoms. The third-order valence-electron chi connectivity index (χ3n) is 7.78. The number of para-hydroxylation sites is 1. The zero-order chi connectivity index (χ0) is 28.1. The highest BCUT2D eigenvalue weighted by molar-refractivity contribution is 6.28. The maximum atomic E-state index is 14.5. The van der Waals surface area contributed by atoms with E-state index < -0.39 is 5.97 Å². The smallest absolute Gasteiger partial charge is 0.337 e. The zero-order valence-electron chi connectivity index (χ0n) is 22.2. The number of carbonyl (C=O) groups is 2. The summed E-state index contributed by atoms with van der Waals surface area (Å²) in [7, 11) is 1.34. The molecule has 0 amide bonds. The molecule has 0 radical (unpaired) electrons. The molecule has 7 rings (SSSR count). The number of rotatable bonds is 5. The average Bonchev–Trinajstić information content (AvgIpc) is 3.46. The van der Waals surface area contributed by atoms with Gasteiger partial charge in [-0.3, -0.25) is 4.79 Å². The normalized spacial score (nSPS) is 14.2. The summed E-state index contributed by atoms with van der Waals surface area (Å²) in [5, 5.41) is 8.52.